The number of aliphatic imine (C=N–C) groups is 1. The van der Waals surface area contributed by atoms with Gasteiger partial charge < -0.3 is 10.5 Å². The van der Waals surface area contributed by atoms with E-state index in [1.807, 2.05) is 0 Å². The number of halogens is 2. The predicted octanol–water partition coefficient (Wildman–Crippen LogP) is 2.75. The monoisotopic (exact) mass is 246 g/mol. The largest absolute Gasteiger partial charge is 0.492 e. The molecule has 15 heavy (non-hydrogen) atoms. The molecule has 1 rings (SSSR count). The molecule has 0 heterocycles. The number of hydrogen-bond acceptors (Lipinski definition) is 2. The van der Waals surface area contributed by atoms with Crippen LogP contribution in [0.2, 0.25) is 10.0 Å². The molecular formula is C10H12Cl2N2O. The molecule has 0 aliphatic rings. The van der Waals surface area contributed by atoms with Crippen LogP contribution in [0.3, 0.4) is 0 Å². The summed E-state index contributed by atoms with van der Waals surface area (Å²) in [5, 5.41) is 1.12. The molecule has 2 N–H and O–H groups in total. The van der Waals surface area contributed by atoms with Gasteiger partial charge in [-0.05, 0) is 18.2 Å². The summed E-state index contributed by atoms with van der Waals surface area (Å²) < 4.78 is 5.43. The van der Waals surface area contributed by atoms with Gasteiger partial charge >= 0.3 is 0 Å². The zero-order valence-corrected chi connectivity index (χ0v) is 9.63. The first-order valence-corrected chi connectivity index (χ1v) is 5.27. The first-order valence-electron chi connectivity index (χ1n) is 4.52. The zero-order valence-electron chi connectivity index (χ0n) is 8.12. The minimum atomic E-state index is 0.518. The van der Waals surface area contributed by atoms with Gasteiger partial charge in [-0.15, -0.1) is 0 Å². The summed E-state index contributed by atoms with van der Waals surface area (Å²) in [5.41, 5.74) is 5.09. The van der Waals surface area contributed by atoms with E-state index in [0.29, 0.717) is 28.9 Å². The molecule has 0 aromatic heterocycles. The highest BCUT2D eigenvalue weighted by atomic mass is 35.5. The van der Waals surface area contributed by atoms with Crippen LogP contribution >= 0.6 is 23.2 Å². The zero-order chi connectivity index (χ0) is 11.1. The third-order valence-corrected chi connectivity index (χ3v) is 2.22. The van der Waals surface area contributed by atoms with E-state index in [9.17, 15) is 0 Å². The predicted molar refractivity (Wildman–Crippen MR) is 64.1 cm³/mol. The summed E-state index contributed by atoms with van der Waals surface area (Å²) in [6, 6.07) is 5.13. The molecule has 82 valence electrons. The van der Waals surface area contributed by atoms with E-state index >= 15 is 0 Å². The summed E-state index contributed by atoms with van der Waals surface area (Å²) in [4.78, 5) is 3.86. The number of hydrogen-bond donors (Lipinski definition) is 1. The molecule has 0 bridgehead atoms. The molecule has 5 heteroatoms. The van der Waals surface area contributed by atoms with Crippen LogP contribution in [0, 0.1) is 0 Å². The summed E-state index contributed by atoms with van der Waals surface area (Å²) in [7, 11) is 0. The molecule has 0 saturated carbocycles. The number of benzene rings is 1. The van der Waals surface area contributed by atoms with Gasteiger partial charge in [0.2, 0.25) is 0 Å². The molecule has 0 atom stereocenters. The Bertz CT molecular complexity index is 342. The second-order valence-electron chi connectivity index (χ2n) is 2.83. The van der Waals surface area contributed by atoms with Gasteiger partial charge in [0.15, 0.2) is 0 Å². The second-order valence-corrected chi connectivity index (χ2v) is 3.68. The van der Waals surface area contributed by atoms with Crippen molar-refractivity contribution < 1.29 is 4.74 Å². The summed E-state index contributed by atoms with van der Waals surface area (Å²) in [6.07, 6.45) is 2.09. The summed E-state index contributed by atoms with van der Waals surface area (Å²) in [6.45, 7) is 1.21. The Hall–Kier alpha value is -0.930. The van der Waals surface area contributed by atoms with Crippen LogP contribution in [0.15, 0.2) is 23.2 Å². The molecular weight excluding hydrogens is 235 g/mol. The lowest BCUT2D eigenvalue weighted by Gasteiger charge is -2.06. The Balaban J connectivity index is 2.37. The number of nitrogens with zero attached hydrogens (tertiary/aromatic N) is 1. The Morgan fingerprint density at radius 1 is 1.40 bits per heavy atom. The van der Waals surface area contributed by atoms with Crippen molar-refractivity contribution in [3.8, 4) is 5.75 Å². The molecule has 0 spiro atoms. The fraction of sp³-hybridized carbons (Fsp3) is 0.300. The van der Waals surface area contributed by atoms with Gasteiger partial charge in [0.25, 0.3) is 0 Å². The highest BCUT2D eigenvalue weighted by Gasteiger charge is 2.01. The minimum Gasteiger partial charge on any atom is -0.492 e. The van der Waals surface area contributed by atoms with Crippen LogP contribution in [-0.2, 0) is 0 Å². The fourth-order valence-electron chi connectivity index (χ4n) is 1.00. The number of rotatable bonds is 5. The highest BCUT2D eigenvalue weighted by molar-refractivity contribution is 6.35. The van der Waals surface area contributed by atoms with E-state index in [-0.39, 0.29) is 0 Å². The molecule has 0 radical (unpaired) electrons. The Morgan fingerprint density at radius 3 is 2.87 bits per heavy atom. The molecule has 1 aromatic rings. The van der Waals surface area contributed by atoms with Crippen LogP contribution < -0.4 is 10.5 Å². The van der Waals surface area contributed by atoms with Crippen LogP contribution in [0.1, 0.15) is 6.42 Å². The Kier molecular flexibility index (Phi) is 5.29. The molecule has 3 nitrogen and oxygen atoms in total. The third kappa shape index (κ3) is 4.40. The smallest absolute Gasteiger partial charge is 0.137 e. The average molecular weight is 247 g/mol. The maximum Gasteiger partial charge on any atom is 0.137 e. The van der Waals surface area contributed by atoms with Crippen LogP contribution in [-0.4, -0.2) is 19.5 Å². The van der Waals surface area contributed by atoms with Crippen molar-refractivity contribution in [2.75, 3.05) is 13.2 Å². The van der Waals surface area contributed by atoms with Crippen molar-refractivity contribution in [3.05, 3.63) is 28.2 Å². The molecule has 0 aliphatic carbocycles. The second kappa shape index (κ2) is 6.53. The van der Waals surface area contributed by atoms with Crippen molar-refractivity contribution in [1.29, 1.82) is 0 Å². The average Bonchev–Trinajstić information content (AvgIpc) is 2.20. The van der Waals surface area contributed by atoms with Gasteiger partial charge in [-0.2, -0.15) is 0 Å². The quantitative estimate of drug-likeness (QED) is 0.494. The Labute approximate surface area is 98.8 Å². The van der Waals surface area contributed by atoms with Crippen molar-refractivity contribution in [1.82, 2.24) is 0 Å². The van der Waals surface area contributed by atoms with E-state index < -0.39 is 0 Å². The van der Waals surface area contributed by atoms with Crippen LogP contribution in [0.5, 0.6) is 5.75 Å². The van der Waals surface area contributed by atoms with E-state index in [1.165, 1.54) is 6.34 Å². The third-order valence-electron chi connectivity index (χ3n) is 1.69. The van der Waals surface area contributed by atoms with Crippen LogP contribution in [0.4, 0.5) is 0 Å². The van der Waals surface area contributed by atoms with Gasteiger partial charge in [0, 0.05) is 18.0 Å². The lowest BCUT2D eigenvalue weighted by Crippen LogP contribution is -2.00. The minimum absolute atomic E-state index is 0.518. The topological polar surface area (TPSA) is 47.6 Å². The molecule has 0 amide bonds. The first kappa shape index (κ1) is 12.1. The van der Waals surface area contributed by atoms with E-state index in [4.69, 9.17) is 33.7 Å². The van der Waals surface area contributed by atoms with Gasteiger partial charge in [-0.1, -0.05) is 23.2 Å². The Morgan fingerprint density at radius 2 is 2.20 bits per heavy atom. The van der Waals surface area contributed by atoms with Gasteiger partial charge in [0.1, 0.15) is 5.75 Å². The van der Waals surface area contributed by atoms with E-state index in [1.54, 1.807) is 18.2 Å². The van der Waals surface area contributed by atoms with Crippen molar-refractivity contribution in [2.45, 2.75) is 6.42 Å². The number of nitrogens with two attached hydrogens (primary N) is 1. The number of ether oxygens (including phenoxy) is 1. The van der Waals surface area contributed by atoms with Crippen LogP contribution in [0.25, 0.3) is 0 Å². The highest BCUT2D eigenvalue weighted by Crippen LogP contribution is 2.27. The summed E-state index contributed by atoms with van der Waals surface area (Å²) in [5.74, 6) is 0.637. The van der Waals surface area contributed by atoms with E-state index in [2.05, 4.69) is 4.99 Å². The lowest BCUT2D eigenvalue weighted by molar-refractivity contribution is 0.314. The summed E-state index contributed by atoms with van der Waals surface area (Å²) >= 11 is 11.7. The maximum absolute atomic E-state index is 5.91. The molecule has 0 unspecified atom stereocenters. The van der Waals surface area contributed by atoms with Crippen molar-refractivity contribution in [3.63, 3.8) is 0 Å². The maximum atomic E-state index is 5.91. The first-order chi connectivity index (χ1) is 7.24. The van der Waals surface area contributed by atoms with Crippen molar-refractivity contribution >= 4 is 29.5 Å². The molecule has 0 fully saturated rings. The fourth-order valence-corrected chi connectivity index (χ4v) is 1.47. The molecule has 0 aliphatic heterocycles. The standard InChI is InChI=1S/C10H12Cl2N2O/c11-8-2-3-10(9(12)6-8)15-5-1-4-14-7-13/h2-3,6-7H,1,4-5H2,(H2,13,14). The SMILES string of the molecule is NC=NCCCOc1ccc(Cl)cc1Cl. The lowest BCUT2D eigenvalue weighted by atomic mass is 10.3. The van der Waals surface area contributed by atoms with Gasteiger partial charge in [0.05, 0.1) is 18.0 Å². The normalized spacial score (nSPS) is 10.8. The molecule has 1 aromatic carbocycles. The van der Waals surface area contributed by atoms with E-state index in [0.717, 1.165) is 6.42 Å². The van der Waals surface area contributed by atoms with Crippen molar-refractivity contribution in [2.24, 2.45) is 10.7 Å². The molecule has 0 saturated heterocycles. The van der Waals surface area contributed by atoms with Gasteiger partial charge in [-0.25, -0.2) is 0 Å². The van der Waals surface area contributed by atoms with Gasteiger partial charge in [-0.3, -0.25) is 4.99 Å².